The first kappa shape index (κ1) is 16.0. The van der Waals surface area contributed by atoms with E-state index in [-0.39, 0.29) is 23.8 Å². The predicted molar refractivity (Wildman–Crippen MR) is 85.3 cm³/mol. The summed E-state index contributed by atoms with van der Waals surface area (Å²) in [5.74, 6) is -1.40. The highest BCUT2D eigenvalue weighted by atomic mass is 32.1. The van der Waals surface area contributed by atoms with Crippen molar-refractivity contribution in [2.24, 2.45) is 5.92 Å². The molecule has 1 aromatic rings. The molecule has 3 atom stereocenters. The van der Waals surface area contributed by atoms with Gasteiger partial charge in [-0.1, -0.05) is 6.07 Å². The SMILES string of the molecule is O=C(N[C@H]1CC[C@@H](C(=O)O)C1)C1CCCN1C(=O)c1cccs1. The lowest BCUT2D eigenvalue weighted by Gasteiger charge is -2.25. The summed E-state index contributed by atoms with van der Waals surface area (Å²) in [5.41, 5.74) is 0. The van der Waals surface area contributed by atoms with Crippen LogP contribution in [-0.2, 0) is 9.59 Å². The van der Waals surface area contributed by atoms with Crippen LogP contribution in [0.3, 0.4) is 0 Å². The van der Waals surface area contributed by atoms with Crippen molar-refractivity contribution in [1.29, 1.82) is 0 Å². The molecule has 2 amide bonds. The van der Waals surface area contributed by atoms with E-state index in [1.807, 2.05) is 11.4 Å². The average molecular weight is 336 g/mol. The average Bonchev–Trinajstić information content (AvgIpc) is 3.26. The van der Waals surface area contributed by atoms with Crippen LogP contribution in [0.5, 0.6) is 0 Å². The fraction of sp³-hybridized carbons (Fsp3) is 0.562. The topological polar surface area (TPSA) is 86.7 Å². The van der Waals surface area contributed by atoms with E-state index >= 15 is 0 Å². The summed E-state index contributed by atoms with van der Waals surface area (Å²) in [6.45, 7) is 0.594. The van der Waals surface area contributed by atoms with Crippen molar-refractivity contribution >= 4 is 29.1 Å². The zero-order chi connectivity index (χ0) is 16.4. The van der Waals surface area contributed by atoms with Crippen LogP contribution in [0.2, 0.25) is 0 Å². The minimum atomic E-state index is -0.794. The number of aliphatic carboxylic acids is 1. The summed E-state index contributed by atoms with van der Waals surface area (Å²) in [5, 5.41) is 13.8. The maximum Gasteiger partial charge on any atom is 0.306 e. The molecule has 0 radical (unpaired) electrons. The Labute approximate surface area is 138 Å². The van der Waals surface area contributed by atoms with Gasteiger partial charge in [-0.3, -0.25) is 14.4 Å². The molecule has 2 heterocycles. The Balaban J connectivity index is 1.60. The van der Waals surface area contributed by atoms with Crippen LogP contribution in [0, 0.1) is 5.92 Å². The molecule has 0 spiro atoms. The first-order chi connectivity index (χ1) is 11.1. The van der Waals surface area contributed by atoms with Gasteiger partial charge in [-0.15, -0.1) is 11.3 Å². The van der Waals surface area contributed by atoms with Crippen molar-refractivity contribution in [2.45, 2.75) is 44.2 Å². The molecular weight excluding hydrogens is 316 g/mol. The lowest BCUT2D eigenvalue weighted by atomic mass is 10.1. The molecule has 6 nitrogen and oxygen atoms in total. The van der Waals surface area contributed by atoms with Crippen LogP contribution in [0.25, 0.3) is 0 Å². The Kier molecular flexibility index (Phi) is 4.66. The number of nitrogens with zero attached hydrogens (tertiary/aromatic N) is 1. The Morgan fingerprint density at radius 2 is 2.09 bits per heavy atom. The maximum absolute atomic E-state index is 12.5. The van der Waals surface area contributed by atoms with Crippen molar-refractivity contribution in [3.63, 3.8) is 0 Å². The first-order valence-electron chi connectivity index (χ1n) is 7.94. The van der Waals surface area contributed by atoms with Gasteiger partial charge >= 0.3 is 5.97 Å². The number of nitrogens with one attached hydrogen (secondary N) is 1. The van der Waals surface area contributed by atoms with Crippen molar-refractivity contribution < 1.29 is 19.5 Å². The number of carboxylic acid groups (broad SMARTS) is 1. The van der Waals surface area contributed by atoms with Gasteiger partial charge in [0.1, 0.15) is 6.04 Å². The number of carboxylic acids is 1. The summed E-state index contributed by atoms with van der Waals surface area (Å²) >= 11 is 1.38. The van der Waals surface area contributed by atoms with Crippen LogP contribution in [0.15, 0.2) is 17.5 Å². The second-order valence-corrected chi connectivity index (χ2v) is 7.14. The van der Waals surface area contributed by atoms with Gasteiger partial charge in [0.15, 0.2) is 0 Å². The maximum atomic E-state index is 12.5. The van der Waals surface area contributed by atoms with Crippen LogP contribution >= 0.6 is 11.3 Å². The van der Waals surface area contributed by atoms with Crippen LogP contribution in [-0.4, -0.2) is 46.4 Å². The molecule has 3 rings (SSSR count). The highest BCUT2D eigenvalue weighted by Crippen LogP contribution is 2.27. The molecule has 2 N–H and O–H groups in total. The Hall–Kier alpha value is -1.89. The van der Waals surface area contributed by atoms with Crippen LogP contribution in [0.1, 0.15) is 41.8 Å². The van der Waals surface area contributed by atoms with Crippen molar-refractivity contribution in [1.82, 2.24) is 10.2 Å². The summed E-state index contributed by atoms with van der Waals surface area (Å²) < 4.78 is 0. The minimum absolute atomic E-state index is 0.0903. The van der Waals surface area contributed by atoms with Crippen molar-refractivity contribution in [3.05, 3.63) is 22.4 Å². The Morgan fingerprint density at radius 1 is 1.26 bits per heavy atom. The molecule has 1 aliphatic heterocycles. The van der Waals surface area contributed by atoms with Crippen LogP contribution < -0.4 is 5.32 Å². The molecule has 124 valence electrons. The van der Waals surface area contributed by atoms with E-state index in [4.69, 9.17) is 5.11 Å². The molecule has 1 unspecified atom stereocenters. The van der Waals surface area contributed by atoms with Gasteiger partial charge in [-0.2, -0.15) is 0 Å². The van der Waals surface area contributed by atoms with Crippen molar-refractivity contribution in [3.8, 4) is 0 Å². The molecule has 2 aliphatic rings. The third-order valence-corrected chi connectivity index (χ3v) is 5.53. The van der Waals surface area contributed by atoms with Crippen molar-refractivity contribution in [2.75, 3.05) is 6.54 Å². The molecule has 1 saturated carbocycles. The molecule has 1 aromatic heterocycles. The van der Waals surface area contributed by atoms with Gasteiger partial charge in [-0.25, -0.2) is 0 Å². The molecule has 23 heavy (non-hydrogen) atoms. The minimum Gasteiger partial charge on any atom is -0.481 e. The lowest BCUT2D eigenvalue weighted by molar-refractivity contribution is -0.141. The Morgan fingerprint density at radius 3 is 2.74 bits per heavy atom. The normalized spacial score (nSPS) is 27.1. The highest BCUT2D eigenvalue weighted by Gasteiger charge is 2.37. The number of likely N-dealkylation sites (tertiary alicyclic amines) is 1. The monoisotopic (exact) mass is 336 g/mol. The zero-order valence-corrected chi connectivity index (χ0v) is 13.6. The van der Waals surface area contributed by atoms with Crippen LogP contribution in [0.4, 0.5) is 0 Å². The van der Waals surface area contributed by atoms with E-state index in [9.17, 15) is 14.4 Å². The third-order valence-electron chi connectivity index (χ3n) is 4.68. The molecule has 1 aliphatic carbocycles. The molecule has 0 bridgehead atoms. The van der Waals surface area contributed by atoms with Gasteiger partial charge in [0.05, 0.1) is 10.8 Å². The zero-order valence-electron chi connectivity index (χ0n) is 12.7. The number of carbonyl (C=O) groups excluding carboxylic acids is 2. The highest BCUT2D eigenvalue weighted by molar-refractivity contribution is 7.12. The second kappa shape index (κ2) is 6.70. The smallest absolute Gasteiger partial charge is 0.306 e. The van der Waals surface area contributed by atoms with Gasteiger partial charge in [-0.05, 0) is 43.6 Å². The molecule has 0 aromatic carbocycles. The standard InChI is InChI=1S/C16H20N2O4S/c19-14(17-11-6-5-10(9-11)16(21)22)12-3-1-7-18(12)15(20)13-4-2-8-23-13/h2,4,8,10-12H,1,3,5-7,9H2,(H,17,19)(H,21,22)/t10-,11+,12?/m1/s1. The number of hydrogen-bond donors (Lipinski definition) is 2. The first-order valence-corrected chi connectivity index (χ1v) is 8.82. The quantitative estimate of drug-likeness (QED) is 0.876. The molecule has 7 heteroatoms. The number of hydrogen-bond acceptors (Lipinski definition) is 4. The molecule has 1 saturated heterocycles. The fourth-order valence-corrected chi connectivity index (χ4v) is 4.14. The summed E-state index contributed by atoms with van der Waals surface area (Å²) in [6.07, 6.45) is 3.25. The largest absolute Gasteiger partial charge is 0.481 e. The van der Waals surface area contributed by atoms with E-state index in [0.717, 1.165) is 6.42 Å². The number of carbonyl (C=O) groups is 3. The number of thiophene rings is 1. The summed E-state index contributed by atoms with van der Waals surface area (Å²) in [4.78, 5) is 38.3. The third kappa shape index (κ3) is 3.39. The fourth-order valence-electron chi connectivity index (χ4n) is 3.46. The second-order valence-electron chi connectivity index (χ2n) is 6.19. The number of amides is 2. The number of rotatable bonds is 4. The predicted octanol–water partition coefficient (Wildman–Crippen LogP) is 1.72. The van der Waals surface area contributed by atoms with Gasteiger partial charge in [0.2, 0.25) is 5.91 Å². The summed E-state index contributed by atoms with van der Waals surface area (Å²) in [7, 11) is 0. The van der Waals surface area contributed by atoms with Gasteiger partial charge in [0, 0.05) is 12.6 Å². The molecule has 2 fully saturated rings. The van der Waals surface area contributed by atoms with Gasteiger partial charge < -0.3 is 15.3 Å². The van der Waals surface area contributed by atoms with E-state index in [2.05, 4.69) is 5.32 Å². The van der Waals surface area contributed by atoms with E-state index in [1.54, 1.807) is 11.0 Å². The van der Waals surface area contributed by atoms with E-state index in [0.29, 0.717) is 37.1 Å². The Bertz CT molecular complexity index is 601. The van der Waals surface area contributed by atoms with E-state index in [1.165, 1.54) is 11.3 Å². The summed E-state index contributed by atoms with van der Waals surface area (Å²) in [6, 6.07) is 3.07. The molecular formula is C16H20N2O4S. The lowest BCUT2D eigenvalue weighted by Crippen LogP contribution is -2.48. The van der Waals surface area contributed by atoms with E-state index < -0.39 is 12.0 Å². The van der Waals surface area contributed by atoms with Gasteiger partial charge in [0.25, 0.3) is 5.91 Å².